The zero-order chi connectivity index (χ0) is 19.5. The Bertz CT molecular complexity index is 898. The zero-order valence-corrected chi connectivity index (χ0v) is 16.7. The number of rotatable bonds is 4. The number of hydrogen-bond donors (Lipinski definition) is 1. The first-order chi connectivity index (χ1) is 13.6. The van der Waals surface area contributed by atoms with Gasteiger partial charge in [0.1, 0.15) is 0 Å². The highest BCUT2D eigenvalue weighted by atomic mass is 35.5. The van der Waals surface area contributed by atoms with E-state index >= 15 is 0 Å². The van der Waals surface area contributed by atoms with Gasteiger partial charge >= 0.3 is 0 Å². The third-order valence-corrected chi connectivity index (χ3v) is 5.43. The van der Waals surface area contributed by atoms with Crippen molar-refractivity contribution >= 4 is 29.1 Å². The van der Waals surface area contributed by atoms with Crippen LogP contribution in [-0.4, -0.2) is 26.7 Å². The van der Waals surface area contributed by atoms with Crippen molar-refractivity contribution in [3.8, 4) is 17.1 Å². The molecule has 1 N–H and O–H groups in total. The van der Waals surface area contributed by atoms with Crippen LogP contribution in [0.15, 0.2) is 48.5 Å². The Balaban J connectivity index is 1.69. The number of benzene rings is 2. The van der Waals surface area contributed by atoms with E-state index in [-0.39, 0.29) is 17.8 Å². The van der Waals surface area contributed by atoms with E-state index in [9.17, 15) is 4.79 Å². The maximum atomic E-state index is 12.8. The fourth-order valence-corrected chi connectivity index (χ4v) is 3.71. The van der Waals surface area contributed by atoms with Gasteiger partial charge in [0.15, 0.2) is 5.82 Å². The van der Waals surface area contributed by atoms with E-state index in [1.807, 2.05) is 24.3 Å². The van der Waals surface area contributed by atoms with Gasteiger partial charge in [-0.05, 0) is 61.4 Å². The predicted octanol–water partition coefficient (Wildman–Crippen LogP) is 5.30. The van der Waals surface area contributed by atoms with Crippen molar-refractivity contribution in [2.45, 2.75) is 38.1 Å². The molecule has 0 radical (unpaired) electrons. The lowest BCUT2D eigenvalue weighted by molar-refractivity contribution is 0.0917. The number of hydrogen-bond acceptors (Lipinski definition) is 3. The molecule has 5 nitrogen and oxygen atoms in total. The molecule has 4 rings (SSSR count). The smallest absolute Gasteiger partial charge is 0.291 e. The number of nitrogens with one attached hydrogen (secondary N) is 1. The minimum absolute atomic E-state index is 0.158. The quantitative estimate of drug-likeness (QED) is 0.629. The molecule has 28 heavy (non-hydrogen) atoms. The van der Waals surface area contributed by atoms with Crippen LogP contribution in [0.2, 0.25) is 10.0 Å². The summed E-state index contributed by atoms with van der Waals surface area (Å²) in [5.41, 5.74) is 1.60. The number of carbonyl (C=O) groups is 1. The summed E-state index contributed by atoms with van der Waals surface area (Å²) in [6.07, 6.45) is 5.54. The van der Waals surface area contributed by atoms with E-state index in [4.69, 9.17) is 23.2 Å². The Morgan fingerprint density at radius 1 is 0.929 bits per heavy atom. The SMILES string of the molecule is O=C(NC1CCCCC1)c1nc(-c2ccc(Cl)cc2)n(-c2ccc(Cl)cc2)n1. The Hall–Kier alpha value is -2.37. The maximum Gasteiger partial charge on any atom is 0.291 e. The van der Waals surface area contributed by atoms with E-state index in [0.29, 0.717) is 15.9 Å². The molecule has 0 spiro atoms. The lowest BCUT2D eigenvalue weighted by Gasteiger charge is -2.21. The monoisotopic (exact) mass is 414 g/mol. The first-order valence-electron chi connectivity index (χ1n) is 9.40. The van der Waals surface area contributed by atoms with Gasteiger partial charge < -0.3 is 5.32 Å². The molecular formula is C21H20Cl2N4O. The molecule has 0 saturated heterocycles. The number of carbonyl (C=O) groups excluding carboxylic acids is 1. The molecule has 1 saturated carbocycles. The second-order valence-corrected chi connectivity index (χ2v) is 7.84. The molecule has 0 atom stereocenters. The minimum atomic E-state index is -0.241. The van der Waals surface area contributed by atoms with Crippen LogP contribution >= 0.6 is 23.2 Å². The van der Waals surface area contributed by atoms with Crippen molar-refractivity contribution in [3.05, 3.63) is 64.4 Å². The van der Waals surface area contributed by atoms with Crippen molar-refractivity contribution in [1.29, 1.82) is 0 Å². The Labute approximate surface area is 173 Å². The fourth-order valence-electron chi connectivity index (χ4n) is 3.45. The summed E-state index contributed by atoms with van der Waals surface area (Å²) in [6.45, 7) is 0. The van der Waals surface area contributed by atoms with Crippen molar-refractivity contribution in [2.24, 2.45) is 0 Å². The Morgan fingerprint density at radius 3 is 2.18 bits per heavy atom. The molecule has 3 aromatic rings. The van der Waals surface area contributed by atoms with E-state index in [1.165, 1.54) is 6.42 Å². The molecule has 0 aliphatic heterocycles. The van der Waals surface area contributed by atoms with Gasteiger partial charge in [-0.15, -0.1) is 5.10 Å². The molecular weight excluding hydrogens is 395 g/mol. The molecule has 144 valence electrons. The third kappa shape index (κ3) is 4.21. The van der Waals surface area contributed by atoms with Crippen LogP contribution in [0.5, 0.6) is 0 Å². The van der Waals surface area contributed by atoms with E-state index in [2.05, 4.69) is 15.4 Å². The highest BCUT2D eigenvalue weighted by Crippen LogP contribution is 2.24. The van der Waals surface area contributed by atoms with Crippen molar-refractivity contribution in [3.63, 3.8) is 0 Å². The van der Waals surface area contributed by atoms with Crippen molar-refractivity contribution in [1.82, 2.24) is 20.1 Å². The van der Waals surface area contributed by atoms with Crippen LogP contribution in [0.3, 0.4) is 0 Å². The predicted molar refractivity (Wildman–Crippen MR) is 111 cm³/mol. The summed E-state index contributed by atoms with van der Waals surface area (Å²) in [6, 6.07) is 14.8. The van der Waals surface area contributed by atoms with Gasteiger partial charge in [-0.3, -0.25) is 4.79 Å². The van der Waals surface area contributed by atoms with Crippen LogP contribution < -0.4 is 5.32 Å². The average Bonchev–Trinajstić information content (AvgIpc) is 3.15. The fraction of sp³-hybridized carbons (Fsp3) is 0.286. The van der Waals surface area contributed by atoms with Crippen molar-refractivity contribution < 1.29 is 4.79 Å². The zero-order valence-electron chi connectivity index (χ0n) is 15.2. The number of nitrogens with zero attached hydrogens (tertiary/aromatic N) is 3. The summed E-state index contributed by atoms with van der Waals surface area (Å²) < 4.78 is 1.66. The lowest BCUT2D eigenvalue weighted by Crippen LogP contribution is -2.36. The summed E-state index contributed by atoms with van der Waals surface area (Å²) in [7, 11) is 0. The van der Waals surface area contributed by atoms with Gasteiger partial charge in [0.2, 0.25) is 5.82 Å². The molecule has 1 amide bonds. The van der Waals surface area contributed by atoms with Crippen molar-refractivity contribution in [2.75, 3.05) is 0 Å². The maximum absolute atomic E-state index is 12.8. The summed E-state index contributed by atoms with van der Waals surface area (Å²) in [4.78, 5) is 17.3. The molecule has 0 bridgehead atoms. The molecule has 7 heteroatoms. The minimum Gasteiger partial charge on any atom is -0.347 e. The van der Waals surface area contributed by atoms with Gasteiger partial charge in [0, 0.05) is 21.7 Å². The average molecular weight is 415 g/mol. The van der Waals surface area contributed by atoms with E-state index in [1.54, 1.807) is 28.9 Å². The van der Waals surface area contributed by atoms with Crippen LogP contribution in [0.1, 0.15) is 42.7 Å². The first kappa shape index (κ1) is 19.0. The molecule has 1 aromatic heterocycles. The number of halogens is 2. The highest BCUT2D eigenvalue weighted by Gasteiger charge is 2.22. The third-order valence-electron chi connectivity index (χ3n) is 4.92. The number of amides is 1. The van der Waals surface area contributed by atoms with Crippen LogP contribution in [0.25, 0.3) is 17.1 Å². The molecule has 0 unspecified atom stereocenters. The second kappa shape index (κ2) is 8.33. The van der Waals surface area contributed by atoms with Crippen LogP contribution in [-0.2, 0) is 0 Å². The lowest BCUT2D eigenvalue weighted by atomic mass is 9.95. The second-order valence-electron chi connectivity index (χ2n) is 6.96. The largest absolute Gasteiger partial charge is 0.347 e. The van der Waals surface area contributed by atoms with Gasteiger partial charge in [-0.1, -0.05) is 42.5 Å². The van der Waals surface area contributed by atoms with E-state index in [0.717, 1.165) is 36.9 Å². The normalized spacial score (nSPS) is 14.8. The molecule has 2 aromatic carbocycles. The molecule has 1 aliphatic rings. The molecule has 1 fully saturated rings. The summed E-state index contributed by atoms with van der Waals surface area (Å²) in [5.74, 6) is 0.494. The Morgan fingerprint density at radius 2 is 1.54 bits per heavy atom. The van der Waals surface area contributed by atoms with Gasteiger partial charge in [-0.2, -0.15) is 0 Å². The highest BCUT2D eigenvalue weighted by molar-refractivity contribution is 6.30. The summed E-state index contributed by atoms with van der Waals surface area (Å²) in [5, 5.41) is 8.84. The van der Waals surface area contributed by atoms with Gasteiger partial charge in [0.25, 0.3) is 5.91 Å². The Kier molecular flexibility index (Phi) is 5.64. The van der Waals surface area contributed by atoms with Gasteiger partial charge in [0.05, 0.1) is 5.69 Å². The molecule has 1 aliphatic carbocycles. The topological polar surface area (TPSA) is 59.8 Å². The van der Waals surface area contributed by atoms with Crippen LogP contribution in [0.4, 0.5) is 0 Å². The number of aromatic nitrogens is 3. The van der Waals surface area contributed by atoms with Crippen LogP contribution in [0, 0.1) is 0 Å². The summed E-state index contributed by atoms with van der Waals surface area (Å²) >= 11 is 12.0. The van der Waals surface area contributed by atoms with E-state index < -0.39 is 0 Å². The van der Waals surface area contributed by atoms with Gasteiger partial charge in [-0.25, -0.2) is 9.67 Å². The first-order valence-corrected chi connectivity index (χ1v) is 10.2. The standard InChI is InChI=1S/C21H20Cl2N4O/c22-15-8-6-14(7-9-15)20-25-19(21(28)24-17-4-2-1-3-5-17)26-27(20)18-12-10-16(23)11-13-18/h6-13,17H,1-5H2,(H,24,28). The molecule has 1 heterocycles.